The lowest BCUT2D eigenvalue weighted by molar-refractivity contribution is -0.136. The Kier molecular flexibility index (Phi) is 6.20. The van der Waals surface area contributed by atoms with Gasteiger partial charge in [0.25, 0.3) is 5.56 Å². The molecule has 1 atom stereocenters. The van der Waals surface area contributed by atoms with Crippen LogP contribution in [0.25, 0.3) is 6.08 Å². The molecule has 4 rings (SSSR count). The van der Waals surface area contributed by atoms with E-state index in [-0.39, 0.29) is 5.56 Å². The molecule has 8 heteroatoms. The molecule has 0 saturated heterocycles. The number of nitrogens with zero attached hydrogens (tertiary/aromatic N) is 2. The SMILES string of the molecule is CCCOc1ccccc1[C@@H]1C(C(=O)OC)=C(C)N=c2s/c(=C/c3cccs3)c(=O)n21. The molecule has 0 amide bonds. The number of fused-ring (bicyclic) bond motifs is 1. The second kappa shape index (κ2) is 9.03. The second-order valence-electron chi connectivity index (χ2n) is 6.98. The smallest absolute Gasteiger partial charge is 0.338 e. The minimum Gasteiger partial charge on any atom is -0.493 e. The van der Waals surface area contributed by atoms with Gasteiger partial charge in [-0.1, -0.05) is 42.5 Å². The maximum atomic E-state index is 13.5. The summed E-state index contributed by atoms with van der Waals surface area (Å²) in [5.74, 6) is 0.127. The van der Waals surface area contributed by atoms with Gasteiger partial charge in [-0.2, -0.15) is 0 Å². The number of ether oxygens (including phenoxy) is 2. The maximum absolute atomic E-state index is 13.5. The minimum absolute atomic E-state index is 0.193. The van der Waals surface area contributed by atoms with E-state index in [1.807, 2.05) is 54.8 Å². The quantitative estimate of drug-likeness (QED) is 0.536. The normalized spacial score (nSPS) is 16.1. The van der Waals surface area contributed by atoms with Gasteiger partial charge in [-0.25, -0.2) is 9.79 Å². The molecule has 0 aliphatic carbocycles. The molecule has 2 aromatic heterocycles. The standard InChI is InChI=1S/C23H22N2O4S2/c1-4-11-29-17-10-6-5-9-16(17)20-19(22(27)28-3)14(2)24-23-25(20)21(26)18(31-23)13-15-8-7-12-30-15/h5-10,12-13,20H,4,11H2,1-3H3/b18-13+/t20-/m1/s1. The van der Waals surface area contributed by atoms with Crippen molar-refractivity contribution >= 4 is 34.7 Å². The third-order valence-corrected chi connectivity index (χ3v) is 6.72. The first-order chi connectivity index (χ1) is 15.0. The number of carbonyl (C=O) groups is 1. The monoisotopic (exact) mass is 454 g/mol. The van der Waals surface area contributed by atoms with Crippen molar-refractivity contribution in [3.05, 3.63) is 83.2 Å². The Bertz CT molecular complexity index is 1320. The number of allylic oxidation sites excluding steroid dienone is 1. The Hall–Kier alpha value is -2.97. The maximum Gasteiger partial charge on any atom is 0.338 e. The van der Waals surface area contributed by atoms with Crippen LogP contribution in [0.15, 0.2) is 62.8 Å². The summed E-state index contributed by atoms with van der Waals surface area (Å²) in [6, 6.07) is 10.7. The molecule has 1 aromatic carbocycles. The van der Waals surface area contributed by atoms with Gasteiger partial charge in [-0.05, 0) is 36.9 Å². The van der Waals surface area contributed by atoms with Crippen molar-refractivity contribution in [3.8, 4) is 5.75 Å². The molecule has 1 aliphatic heterocycles. The van der Waals surface area contributed by atoms with Crippen molar-refractivity contribution in [1.82, 2.24) is 4.57 Å². The minimum atomic E-state index is -0.678. The molecule has 3 aromatic rings. The van der Waals surface area contributed by atoms with Gasteiger partial charge in [-0.3, -0.25) is 9.36 Å². The van der Waals surface area contributed by atoms with E-state index in [0.717, 1.165) is 16.9 Å². The molecular formula is C23H22N2O4S2. The summed E-state index contributed by atoms with van der Waals surface area (Å²) >= 11 is 2.87. The Labute approximate surface area is 187 Å². The average Bonchev–Trinajstić information content (AvgIpc) is 3.39. The Morgan fingerprint density at radius 3 is 2.77 bits per heavy atom. The predicted octanol–water partition coefficient (Wildman–Crippen LogP) is 3.26. The molecule has 1 aliphatic rings. The number of esters is 1. The fourth-order valence-corrected chi connectivity index (χ4v) is 5.31. The van der Waals surface area contributed by atoms with E-state index in [9.17, 15) is 9.59 Å². The highest BCUT2D eigenvalue weighted by molar-refractivity contribution is 7.11. The first-order valence-electron chi connectivity index (χ1n) is 9.91. The lowest BCUT2D eigenvalue weighted by Crippen LogP contribution is -2.40. The number of benzene rings is 1. The van der Waals surface area contributed by atoms with Gasteiger partial charge in [0.2, 0.25) is 0 Å². The molecule has 6 nitrogen and oxygen atoms in total. The van der Waals surface area contributed by atoms with Gasteiger partial charge < -0.3 is 9.47 Å². The number of thiazole rings is 1. The van der Waals surface area contributed by atoms with E-state index >= 15 is 0 Å². The third kappa shape index (κ3) is 4.00. The van der Waals surface area contributed by atoms with Crippen molar-refractivity contribution in [2.45, 2.75) is 26.3 Å². The number of hydrogen-bond donors (Lipinski definition) is 0. The zero-order valence-corrected chi connectivity index (χ0v) is 19.1. The molecule has 3 heterocycles. The molecule has 0 saturated carbocycles. The summed E-state index contributed by atoms with van der Waals surface area (Å²) in [7, 11) is 1.33. The van der Waals surface area contributed by atoms with Crippen LogP contribution in [-0.2, 0) is 9.53 Å². The molecule has 0 fully saturated rings. The summed E-state index contributed by atoms with van der Waals surface area (Å²) in [5.41, 5.74) is 1.41. The fourth-order valence-electron chi connectivity index (χ4n) is 3.54. The summed E-state index contributed by atoms with van der Waals surface area (Å²) in [6.07, 6.45) is 2.71. The van der Waals surface area contributed by atoms with Crippen LogP contribution < -0.4 is 19.6 Å². The van der Waals surface area contributed by atoms with E-state index < -0.39 is 12.0 Å². The van der Waals surface area contributed by atoms with Gasteiger partial charge in [-0.15, -0.1) is 11.3 Å². The molecule has 0 unspecified atom stereocenters. The number of para-hydroxylation sites is 1. The van der Waals surface area contributed by atoms with E-state index in [2.05, 4.69) is 4.99 Å². The number of carbonyl (C=O) groups excluding carboxylic acids is 1. The van der Waals surface area contributed by atoms with Crippen LogP contribution in [0.4, 0.5) is 0 Å². The van der Waals surface area contributed by atoms with Crippen molar-refractivity contribution in [3.63, 3.8) is 0 Å². The van der Waals surface area contributed by atoms with E-state index in [1.165, 1.54) is 18.4 Å². The summed E-state index contributed by atoms with van der Waals surface area (Å²) in [6.45, 7) is 4.33. The zero-order chi connectivity index (χ0) is 22.0. The van der Waals surface area contributed by atoms with Crippen molar-refractivity contribution < 1.29 is 14.3 Å². The second-order valence-corrected chi connectivity index (χ2v) is 8.96. The van der Waals surface area contributed by atoms with Crippen LogP contribution >= 0.6 is 22.7 Å². The molecule has 31 heavy (non-hydrogen) atoms. The first kappa shape index (κ1) is 21.3. The Balaban J connectivity index is 1.98. The summed E-state index contributed by atoms with van der Waals surface area (Å²) in [5, 5.41) is 1.96. The molecule has 160 valence electrons. The van der Waals surface area contributed by atoms with Gasteiger partial charge in [0.1, 0.15) is 11.8 Å². The van der Waals surface area contributed by atoms with Crippen LogP contribution in [0.1, 0.15) is 36.8 Å². The lowest BCUT2D eigenvalue weighted by Gasteiger charge is -2.26. The summed E-state index contributed by atoms with van der Waals surface area (Å²) < 4.78 is 13.2. The van der Waals surface area contributed by atoms with Gasteiger partial charge >= 0.3 is 5.97 Å². The lowest BCUT2D eigenvalue weighted by atomic mass is 9.95. The molecule has 0 bridgehead atoms. The molecular weight excluding hydrogens is 432 g/mol. The van der Waals surface area contributed by atoms with E-state index in [4.69, 9.17) is 9.47 Å². The van der Waals surface area contributed by atoms with Crippen molar-refractivity contribution in [2.24, 2.45) is 4.99 Å². The third-order valence-electron chi connectivity index (χ3n) is 4.92. The average molecular weight is 455 g/mol. The topological polar surface area (TPSA) is 69.9 Å². The van der Waals surface area contributed by atoms with Crippen LogP contribution in [0, 0.1) is 0 Å². The molecule has 0 radical (unpaired) electrons. The van der Waals surface area contributed by atoms with Gasteiger partial charge in [0.05, 0.1) is 29.5 Å². The van der Waals surface area contributed by atoms with Crippen LogP contribution in [0.2, 0.25) is 0 Å². The highest BCUT2D eigenvalue weighted by Crippen LogP contribution is 2.35. The van der Waals surface area contributed by atoms with Crippen LogP contribution in [0.3, 0.4) is 0 Å². The number of hydrogen-bond acceptors (Lipinski definition) is 7. The number of methoxy groups -OCH3 is 1. The van der Waals surface area contributed by atoms with Crippen LogP contribution in [0.5, 0.6) is 5.75 Å². The largest absolute Gasteiger partial charge is 0.493 e. The molecule has 0 spiro atoms. The number of thiophene rings is 1. The highest BCUT2D eigenvalue weighted by Gasteiger charge is 2.34. The molecule has 0 N–H and O–H groups in total. The van der Waals surface area contributed by atoms with Crippen molar-refractivity contribution in [2.75, 3.05) is 13.7 Å². The zero-order valence-electron chi connectivity index (χ0n) is 17.5. The predicted molar refractivity (Wildman–Crippen MR) is 122 cm³/mol. The summed E-state index contributed by atoms with van der Waals surface area (Å²) in [4.78, 5) is 32.4. The van der Waals surface area contributed by atoms with Gasteiger partial charge in [0, 0.05) is 10.4 Å². The Morgan fingerprint density at radius 2 is 2.06 bits per heavy atom. The number of rotatable bonds is 6. The van der Waals surface area contributed by atoms with E-state index in [0.29, 0.717) is 33.0 Å². The highest BCUT2D eigenvalue weighted by atomic mass is 32.1. The fraction of sp³-hybridized carbons (Fsp3) is 0.261. The van der Waals surface area contributed by atoms with Crippen LogP contribution in [-0.4, -0.2) is 24.3 Å². The van der Waals surface area contributed by atoms with Gasteiger partial charge in [0.15, 0.2) is 4.80 Å². The first-order valence-corrected chi connectivity index (χ1v) is 11.6. The van der Waals surface area contributed by atoms with E-state index in [1.54, 1.807) is 22.8 Å². The number of aromatic nitrogens is 1. The Morgan fingerprint density at radius 1 is 1.26 bits per heavy atom. The van der Waals surface area contributed by atoms with Crippen molar-refractivity contribution in [1.29, 1.82) is 0 Å².